The first-order chi connectivity index (χ1) is 14.9. The van der Waals surface area contributed by atoms with Crippen LogP contribution in [0, 0.1) is 6.92 Å². The predicted molar refractivity (Wildman–Crippen MR) is 121 cm³/mol. The molecule has 0 aliphatic rings. The Bertz CT molecular complexity index is 1050. The number of methoxy groups -OCH3 is 2. The summed E-state index contributed by atoms with van der Waals surface area (Å²) < 4.78 is 12.4. The standard InChI is InChI=1S/C25H28N2O4/c1-17-23(18(2)28)15-24(20-7-11-22(31-4)12-8-20)27(17)14-13-25(29)26-16-19-5-9-21(30-3)10-6-19/h5-12,15H,13-14,16H2,1-4H3,(H,26,29). The second kappa shape index (κ2) is 9.98. The highest BCUT2D eigenvalue weighted by atomic mass is 16.5. The smallest absolute Gasteiger partial charge is 0.222 e. The molecule has 6 heteroatoms. The van der Waals surface area contributed by atoms with Gasteiger partial charge in [0.25, 0.3) is 0 Å². The lowest BCUT2D eigenvalue weighted by molar-refractivity contribution is -0.121. The van der Waals surface area contributed by atoms with Crippen molar-refractivity contribution in [1.82, 2.24) is 9.88 Å². The molecule has 1 N–H and O–H groups in total. The Morgan fingerprint density at radius 1 is 0.935 bits per heavy atom. The first-order valence-electron chi connectivity index (χ1n) is 10.2. The number of Topliss-reactive ketones (excluding diaryl/α,β-unsaturated/α-hetero) is 1. The highest BCUT2D eigenvalue weighted by Gasteiger charge is 2.17. The molecule has 0 saturated carbocycles. The zero-order chi connectivity index (χ0) is 22.4. The lowest BCUT2D eigenvalue weighted by atomic mass is 10.1. The molecule has 3 rings (SSSR count). The maximum Gasteiger partial charge on any atom is 0.222 e. The van der Waals surface area contributed by atoms with Gasteiger partial charge in [0.15, 0.2) is 5.78 Å². The van der Waals surface area contributed by atoms with Crippen molar-refractivity contribution in [3.63, 3.8) is 0 Å². The van der Waals surface area contributed by atoms with E-state index in [-0.39, 0.29) is 11.7 Å². The highest BCUT2D eigenvalue weighted by Crippen LogP contribution is 2.28. The van der Waals surface area contributed by atoms with Crippen molar-refractivity contribution in [2.24, 2.45) is 0 Å². The van der Waals surface area contributed by atoms with Crippen LogP contribution in [-0.2, 0) is 17.9 Å². The molecular weight excluding hydrogens is 392 g/mol. The number of nitrogens with one attached hydrogen (secondary N) is 1. The molecule has 0 radical (unpaired) electrons. The molecule has 2 aromatic carbocycles. The van der Waals surface area contributed by atoms with Crippen molar-refractivity contribution >= 4 is 11.7 Å². The van der Waals surface area contributed by atoms with Gasteiger partial charge in [0.05, 0.1) is 14.2 Å². The molecule has 31 heavy (non-hydrogen) atoms. The van der Waals surface area contributed by atoms with Crippen LogP contribution in [0.4, 0.5) is 0 Å². The van der Waals surface area contributed by atoms with Gasteiger partial charge in [-0.3, -0.25) is 9.59 Å². The van der Waals surface area contributed by atoms with Gasteiger partial charge < -0.3 is 19.4 Å². The Labute approximate surface area is 182 Å². The topological polar surface area (TPSA) is 69.6 Å². The van der Waals surface area contributed by atoms with Gasteiger partial charge >= 0.3 is 0 Å². The lowest BCUT2D eigenvalue weighted by Gasteiger charge is -2.13. The molecule has 6 nitrogen and oxygen atoms in total. The molecule has 1 aromatic heterocycles. The number of nitrogens with zero attached hydrogens (tertiary/aromatic N) is 1. The Hall–Kier alpha value is -3.54. The number of carbonyl (C=O) groups excluding carboxylic acids is 2. The van der Waals surface area contributed by atoms with E-state index in [0.29, 0.717) is 25.1 Å². The molecule has 3 aromatic rings. The number of hydrogen-bond acceptors (Lipinski definition) is 4. The van der Waals surface area contributed by atoms with E-state index < -0.39 is 0 Å². The number of amides is 1. The lowest BCUT2D eigenvalue weighted by Crippen LogP contribution is -2.24. The summed E-state index contributed by atoms with van der Waals surface area (Å²) >= 11 is 0. The molecule has 0 aliphatic carbocycles. The molecule has 0 fully saturated rings. The summed E-state index contributed by atoms with van der Waals surface area (Å²) in [4.78, 5) is 24.5. The third-order valence-corrected chi connectivity index (χ3v) is 5.34. The van der Waals surface area contributed by atoms with Gasteiger partial charge in [-0.25, -0.2) is 0 Å². The fourth-order valence-corrected chi connectivity index (χ4v) is 3.54. The summed E-state index contributed by atoms with van der Waals surface area (Å²) in [5.41, 5.74) is 4.41. The third-order valence-electron chi connectivity index (χ3n) is 5.34. The van der Waals surface area contributed by atoms with Crippen LogP contribution in [0.5, 0.6) is 11.5 Å². The molecule has 0 atom stereocenters. The van der Waals surface area contributed by atoms with Crippen molar-refractivity contribution < 1.29 is 19.1 Å². The van der Waals surface area contributed by atoms with Gasteiger partial charge in [0, 0.05) is 36.5 Å². The zero-order valence-corrected chi connectivity index (χ0v) is 18.4. The summed E-state index contributed by atoms with van der Waals surface area (Å²) in [6.07, 6.45) is 0.312. The van der Waals surface area contributed by atoms with Crippen LogP contribution in [0.2, 0.25) is 0 Å². The van der Waals surface area contributed by atoms with Gasteiger partial charge in [0.2, 0.25) is 5.91 Å². The van der Waals surface area contributed by atoms with E-state index in [0.717, 1.165) is 34.0 Å². The summed E-state index contributed by atoms with van der Waals surface area (Å²) in [6, 6.07) is 17.2. The van der Waals surface area contributed by atoms with Crippen LogP contribution < -0.4 is 14.8 Å². The molecule has 0 unspecified atom stereocenters. The number of rotatable bonds is 9. The molecule has 1 amide bonds. The largest absolute Gasteiger partial charge is 0.497 e. The number of aromatic nitrogens is 1. The molecular formula is C25H28N2O4. The van der Waals surface area contributed by atoms with Crippen LogP contribution in [0.25, 0.3) is 11.3 Å². The normalized spacial score (nSPS) is 10.6. The summed E-state index contributed by atoms with van der Waals surface area (Å²) in [6.45, 7) is 4.41. The van der Waals surface area contributed by atoms with Gasteiger partial charge in [-0.1, -0.05) is 12.1 Å². The van der Waals surface area contributed by atoms with E-state index in [2.05, 4.69) is 5.32 Å². The van der Waals surface area contributed by atoms with E-state index in [4.69, 9.17) is 9.47 Å². The van der Waals surface area contributed by atoms with E-state index in [1.165, 1.54) is 0 Å². The Morgan fingerprint density at radius 3 is 2.06 bits per heavy atom. The number of carbonyl (C=O) groups is 2. The Kier molecular flexibility index (Phi) is 7.13. The quantitative estimate of drug-likeness (QED) is 0.521. The summed E-state index contributed by atoms with van der Waals surface area (Å²) in [7, 11) is 3.25. The summed E-state index contributed by atoms with van der Waals surface area (Å²) in [5.74, 6) is 1.51. The first kappa shape index (κ1) is 22.2. The van der Waals surface area contributed by atoms with Crippen LogP contribution >= 0.6 is 0 Å². The van der Waals surface area contributed by atoms with Crippen LogP contribution in [-0.4, -0.2) is 30.5 Å². The molecule has 0 saturated heterocycles. The van der Waals surface area contributed by atoms with Crippen molar-refractivity contribution in [1.29, 1.82) is 0 Å². The van der Waals surface area contributed by atoms with Crippen molar-refractivity contribution in [3.05, 3.63) is 71.4 Å². The molecule has 1 heterocycles. The number of benzene rings is 2. The first-order valence-corrected chi connectivity index (χ1v) is 10.2. The molecule has 162 valence electrons. The fraction of sp³-hybridized carbons (Fsp3) is 0.280. The predicted octanol–water partition coefficient (Wildman–Crippen LogP) is 4.39. The van der Waals surface area contributed by atoms with E-state index >= 15 is 0 Å². The maximum atomic E-state index is 12.5. The molecule has 0 bridgehead atoms. The number of ether oxygens (including phenoxy) is 2. The number of hydrogen-bond donors (Lipinski definition) is 1. The highest BCUT2D eigenvalue weighted by molar-refractivity contribution is 5.96. The third kappa shape index (κ3) is 5.34. The van der Waals surface area contributed by atoms with Crippen molar-refractivity contribution in [2.75, 3.05) is 14.2 Å². The summed E-state index contributed by atoms with van der Waals surface area (Å²) in [5, 5.41) is 2.95. The van der Waals surface area contributed by atoms with Crippen molar-refractivity contribution in [2.45, 2.75) is 33.4 Å². The maximum absolute atomic E-state index is 12.5. The Morgan fingerprint density at radius 2 is 1.52 bits per heavy atom. The average molecular weight is 421 g/mol. The minimum Gasteiger partial charge on any atom is -0.497 e. The van der Waals surface area contributed by atoms with Gasteiger partial charge in [0.1, 0.15) is 11.5 Å². The second-order valence-electron chi connectivity index (χ2n) is 7.34. The monoisotopic (exact) mass is 420 g/mol. The van der Waals surface area contributed by atoms with Crippen LogP contribution in [0.1, 0.15) is 35.0 Å². The zero-order valence-electron chi connectivity index (χ0n) is 18.4. The van der Waals surface area contributed by atoms with Crippen LogP contribution in [0.3, 0.4) is 0 Å². The Balaban J connectivity index is 1.71. The molecule has 0 spiro atoms. The van der Waals surface area contributed by atoms with E-state index in [1.807, 2.05) is 66.1 Å². The molecule has 0 aliphatic heterocycles. The SMILES string of the molecule is COc1ccc(CNC(=O)CCn2c(-c3ccc(OC)cc3)cc(C(C)=O)c2C)cc1. The van der Waals surface area contributed by atoms with E-state index in [9.17, 15) is 9.59 Å². The van der Waals surface area contributed by atoms with Gasteiger partial charge in [-0.15, -0.1) is 0 Å². The average Bonchev–Trinajstić information content (AvgIpc) is 3.13. The van der Waals surface area contributed by atoms with Gasteiger partial charge in [-0.05, 0) is 67.4 Å². The fourth-order valence-electron chi connectivity index (χ4n) is 3.54. The minimum atomic E-state index is -0.0472. The second-order valence-corrected chi connectivity index (χ2v) is 7.34. The van der Waals surface area contributed by atoms with E-state index in [1.54, 1.807) is 21.1 Å². The van der Waals surface area contributed by atoms with Crippen LogP contribution in [0.15, 0.2) is 54.6 Å². The number of ketones is 1. The van der Waals surface area contributed by atoms with Crippen molar-refractivity contribution in [3.8, 4) is 22.8 Å². The van der Waals surface area contributed by atoms with Gasteiger partial charge in [-0.2, -0.15) is 0 Å². The minimum absolute atomic E-state index is 0.00923.